The summed E-state index contributed by atoms with van der Waals surface area (Å²) in [4.78, 5) is 24.1. The Bertz CT molecular complexity index is 902. The molecule has 28 heavy (non-hydrogen) atoms. The summed E-state index contributed by atoms with van der Waals surface area (Å²) in [6, 6.07) is 8.76. The monoisotopic (exact) mass is 398 g/mol. The number of nitro benzene ring substituents is 1. The molecule has 0 saturated carbocycles. The molecule has 1 heterocycles. The van der Waals surface area contributed by atoms with Crippen LogP contribution in [0.3, 0.4) is 0 Å². The molecule has 6 nitrogen and oxygen atoms in total. The molecule has 0 aliphatic rings. The van der Waals surface area contributed by atoms with Gasteiger partial charge in [-0.05, 0) is 11.0 Å². The third kappa shape index (κ3) is 5.07. The number of benzene rings is 1. The first-order chi connectivity index (χ1) is 13.1. The molecule has 0 fully saturated rings. The Labute approximate surface area is 170 Å². The van der Waals surface area contributed by atoms with Gasteiger partial charge in [-0.2, -0.15) is 4.57 Å². The van der Waals surface area contributed by atoms with Gasteiger partial charge in [0.2, 0.25) is 5.78 Å². The topological polar surface area (TPSA) is 76.1 Å². The largest absolute Gasteiger partial charge is 0.370 e. The van der Waals surface area contributed by atoms with Gasteiger partial charge in [0.25, 0.3) is 11.7 Å². The van der Waals surface area contributed by atoms with Crippen molar-refractivity contribution >= 4 is 28.7 Å². The minimum absolute atomic E-state index is 0.0275. The summed E-state index contributed by atoms with van der Waals surface area (Å²) in [6.07, 6.45) is 5.26. The van der Waals surface area contributed by atoms with E-state index in [2.05, 4.69) is 32.7 Å². The third-order valence-electron chi connectivity index (χ3n) is 4.28. The zero-order valence-electron chi connectivity index (χ0n) is 16.2. The van der Waals surface area contributed by atoms with Crippen LogP contribution in [-0.4, -0.2) is 22.2 Å². The quantitative estimate of drug-likeness (QED) is 0.192. The van der Waals surface area contributed by atoms with Crippen LogP contribution in [0.15, 0.2) is 61.4 Å². The second kappa shape index (κ2) is 8.84. The Morgan fingerprint density at radius 1 is 1.32 bits per heavy atom. The number of Topliss-reactive ketones (excluding diaryl/α,β-unsaturated/α-hetero) is 1. The lowest BCUT2D eigenvalue weighted by Gasteiger charge is -2.19. The second-order valence-electron chi connectivity index (χ2n) is 7.39. The molecule has 0 amide bonds. The zero-order valence-corrected chi connectivity index (χ0v) is 17.0. The summed E-state index contributed by atoms with van der Waals surface area (Å²) >= 11 is 5.46. The molecule has 0 saturated heterocycles. The van der Waals surface area contributed by atoms with Gasteiger partial charge in [-0.15, -0.1) is 6.58 Å². The van der Waals surface area contributed by atoms with E-state index in [1.165, 1.54) is 18.2 Å². The van der Waals surface area contributed by atoms with Crippen molar-refractivity contribution in [3.8, 4) is 0 Å². The molecule has 1 aromatic carbocycles. The highest BCUT2D eigenvalue weighted by atomic mass is 32.1. The average Bonchev–Trinajstić information content (AvgIpc) is 2.66. The van der Waals surface area contributed by atoms with Crippen LogP contribution >= 0.6 is 12.2 Å². The predicted octanol–water partition coefficient (Wildman–Crippen LogP) is 3.71. The summed E-state index contributed by atoms with van der Waals surface area (Å²) < 4.78 is 1.72. The number of carbonyl (C=O) groups is 1. The lowest BCUT2D eigenvalue weighted by Crippen LogP contribution is -2.51. The molecule has 2 aromatic rings. The van der Waals surface area contributed by atoms with Crippen molar-refractivity contribution in [2.45, 2.75) is 32.2 Å². The van der Waals surface area contributed by atoms with Crippen LogP contribution in [0.4, 0.5) is 5.69 Å². The number of nitrogens with zero attached hydrogens (tertiary/aromatic N) is 2. The molecule has 2 rings (SSSR count). The molecule has 1 N–H and O–H groups in total. The fourth-order valence-electron chi connectivity index (χ4n) is 2.70. The molecule has 7 heteroatoms. The second-order valence-corrected chi connectivity index (χ2v) is 7.83. The third-order valence-corrected chi connectivity index (χ3v) is 4.64. The summed E-state index contributed by atoms with van der Waals surface area (Å²) in [5.41, 5.74) is 1.19. The molecule has 1 aromatic heterocycles. The van der Waals surface area contributed by atoms with Crippen molar-refractivity contribution in [2.75, 3.05) is 6.54 Å². The molecule has 0 bridgehead atoms. The molecule has 0 unspecified atom stereocenters. The summed E-state index contributed by atoms with van der Waals surface area (Å²) in [5, 5.41) is 14.1. The molecular formula is C21H24N3O3S+. The van der Waals surface area contributed by atoms with E-state index in [-0.39, 0.29) is 22.4 Å². The highest BCUT2D eigenvalue weighted by molar-refractivity contribution is 7.80. The van der Waals surface area contributed by atoms with Crippen LogP contribution in [-0.2, 0) is 5.41 Å². The Balaban J connectivity index is 2.46. The van der Waals surface area contributed by atoms with Gasteiger partial charge in [-0.25, -0.2) is 0 Å². The number of hydrogen-bond acceptors (Lipinski definition) is 4. The van der Waals surface area contributed by atoms with Crippen molar-refractivity contribution < 1.29 is 14.3 Å². The van der Waals surface area contributed by atoms with Crippen LogP contribution in [0, 0.1) is 10.1 Å². The van der Waals surface area contributed by atoms with E-state index in [9.17, 15) is 14.9 Å². The van der Waals surface area contributed by atoms with Gasteiger partial charge in [-0.3, -0.25) is 14.9 Å². The minimum atomic E-state index is -0.814. The van der Waals surface area contributed by atoms with Crippen molar-refractivity contribution in [1.29, 1.82) is 0 Å². The van der Waals surface area contributed by atoms with Gasteiger partial charge in [-0.1, -0.05) is 51.2 Å². The number of nitro groups is 1. The van der Waals surface area contributed by atoms with Crippen LogP contribution in [0.25, 0.3) is 0 Å². The number of carbonyl (C=O) groups excluding carboxylic acids is 1. The van der Waals surface area contributed by atoms with Crippen molar-refractivity contribution in [3.63, 3.8) is 0 Å². The molecule has 0 spiro atoms. The average molecular weight is 399 g/mol. The highest BCUT2D eigenvalue weighted by Crippen LogP contribution is 2.21. The highest BCUT2D eigenvalue weighted by Gasteiger charge is 2.34. The molecule has 0 radical (unpaired) electrons. The molecular weight excluding hydrogens is 374 g/mol. The first-order valence-electron chi connectivity index (χ1n) is 8.83. The standard InChI is InChI=1S/C21H23N3O3S/c1-5-11-22-20(28)18(23-12-9-16(10-13-23)21(2,3)4)19(25)15-7-6-8-17(14-15)24(26)27/h5-10,12-14,18H,1,11H2,2-4H3/p+1/t18-/m0/s1. The SMILES string of the molecule is C=CCNC(=S)[C@H](C(=O)c1cccc([N+](=O)[O-])c1)[n+]1ccc(C(C)(C)C)cc1. The smallest absolute Gasteiger partial charge is 0.270 e. The minimum Gasteiger partial charge on any atom is -0.370 e. The predicted molar refractivity (Wildman–Crippen MR) is 113 cm³/mol. The van der Waals surface area contributed by atoms with E-state index >= 15 is 0 Å². The first kappa shape index (κ1) is 21.4. The number of aromatic nitrogens is 1. The fraction of sp³-hybridized carbons (Fsp3) is 0.286. The lowest BCUT2D eigenvalue weighted by atomic mass is 9.88. The van der Waals surface area contributed by atoms with Gasteiger partial charge in [0.05, 0.1) is 4.92 Å². The number of ketones is 1. The lowest BCUT2D eigenvalue weighted by molar-refractivity contribution is -0.692. The number of pyridine rings is 1. The van der Waals surface area contributed by atoms with Gasteiger partial charge in [0.15, 0.2) is 17.4 Å². The van der Waals surface area contributed by atoms with E-state index in [0.717, 1.165) is 5.56 Å². The Morgan fingerprint density at radius 3 is 2.50 bits per heavy atom. The van der Waals surface area contributed by atoms with E-state index in [1.807, 2.05) is 24.5 Å². The number of thiocarbonyl (C=S) groups is 1. The Hall–Kier alpha value is -2.93. The van der Waals surface area contributed by atoms with Crippen LogP contribution in [0.5, 0.6) is 0 Å². The van der Waals surface area contributed by atoms with Crippen LogP contribution in [0.1, 0.15) is 42.7 Å². The maximum absolute atomic E-state index is 13.2. The molecule has 1 atom stereocenters. The zero-order chi connectivity index (χ0) is 20.9. The van der Waals surface area contributed by atoms with E-state index in [4.69, 9.17) is 12.2 Å². The van der Waals surface area contributed by atoms with E-state index in [0.29, 0.717) is 11.5 Å². The fourth-order valence-corrected chi connectivity index (χ4v) is 3.01. The van der Waals surface area contributed by atoms with Crippen molar-refractivity contribution in [2.24, 2.45) is 0 Å². The number of non-ortho nitro benzene ring substituents is 1. The summed E-state index contributed by atoms with van der Waals surface area (Å²) in [6.45, 7) is 10.4. The normalized spacial score (nSPS) is 12.1. The van der Waals surface area contributed by atoms with Crippen molar-refractivity contribution in [3.05, 3.63) is 82.7 Å². The van der Waals surface area contributed by atoms with Crippen molar-refractivity contribution in [1.82, 2.24) is 5.32 Å². The van der Waals surface area contributed by atoms with Gasteiger partial charge < -0.3 is 5.32 Å². The molecule has 146 valence electrons. The van der Waals surface area contributed by atoms with Gasteiger partial charge in [0.1, 0.15) is 0 Å². The van der Waals surface area contributed by atoms with E-state index < -0.39 is 11.0 Å². The number of hydrogen-bond donors (Lipinski definition) is 1. The van der Waals surface area contributed by atoms with Gasteiger partial charge >= 0.3 is 0 Å². The molecule has 0 aliphatic heterocycles. The number of rotatable bonds is 7. The summed E-state index contributed by atoms with van der Waals surface area (Å²) in [7, 11) is 0. The molecule has 0 aliphatic carbocycles. The first-order valence-corrected chi connectivity index (χ1v) is 9.24. The maximum atomic E-state index is 13.2. The summed E-state index contributed by atoms with van der Waals surface area (Å²) in [5.74, 6) is -0.321. The maximum Gasteiger partial charge on any atom is 0.270 e. The van der Waals surface area contributed by atoms with Crippen LogP contribution < -0.4 is 9.88 Å². The van der Waals surface area contributed by atoms with Crippen LogP contribution in [0.2, 0.25) is 0 Å². The Kier molecular flexibility index (Phi) is 6.75. The Morgan fingerprint density at radius 2 is 1.96 bits per heavy atom. The van der Waals surface area contributed by atoms with E-state index in [1.54, 1.807) is 16.7 Å². The number of nitrogens with one attached hydrogen (secondary N) is 1. The van der Waals surface area contributed by atoms with Gasteiger partial charge in [0, 0.05) is 36.4 Å².